The molecule has 7 heteroatoms. The summed E-state index contributed by atoms with van der Waals surface area (Å²) in [6.45, 7) is 0.275. The van der Waals surface area contributed by atoms with Crippen LogP contribution in [-0.4, -0.2) is 53.8 Å². The maximum Gasteiger partial charge on any atom is 0.184 e. The van der Waals surface area contributed by atoms with E-state index in [9.17, 15) is 10.2 Å². The summed E-state index contributed by atoms with van der Waals surface area (Å²) in [6.07, 6.45) is -3.85. The summed E-state index contributed by atoms with van der Waals surface area (Å²) in [6, 6.07) is 17.0. The second kappa shape index (κ2) is 8.18. The third-order valence-corrected chi connectivity index (χ3v) is 5.88. The molecule has 2 aromatic carbocycles. The minimum Gasteiger partial charge on any atom is -0.497 e. The van der Waals surface area contributed by atoms with Crippen molar-refractivity contribution in [3.05, 3.63) is 60.2 Å². The fourth-order valence-corrected chi connectivity index (χ4v) is 4.32. The summed E-state index contributed by atoms with van der Waals surface area (Å²) in [4.78, 5) is 0.959. The SMILES string of the molecule is COc1ccc([C@@H]2OC[C@H]3O[C@H](Sc4ccccc4)[C@H](O)[C@@H](O)[C@@H]3O2)cc1. The highest BCUT2D eigenvalue weighted by atomic mass is 32.2. The van der Waals surface area contributed by atoms with Crippen molar-refractivity contribution in [2.75, 3.05) is 13.7 Å². The maximum atomic E-state index is 10.6. The lowest BCUT2D eigenvalue weighted by Gasteiger charge is -2.46. The molecule has 0 aliphatic carbocycles. The molecule has 144 valence electrons. The van der Waals surface area contributed by atoms with Crippen molar-refractivity contribution in [2.24, 2.45) is 0 Å². The summed E-state index contributed by atoms with van der Waals surface area (Å²) < 4.78 is 22.9. The summed E-state index contributed by atoms with van der Waals surface area (Å²) in [5.41, 5.74) is 0.227. The van der Waals surface area contributed by atoms with Gasteiger partial charge in [0.1, 0.15) is 35.6 Å². The lowest BCUT2D eigenvalue weighted by molar-refractivity contribution is -0.318. The summed E-state index contributed by atoms with van der Waals surface area (Å²) in [5.74, 6) is 0.740. The second-order valence-electron chi connectivity index (χ2n) is 6.49. The number of rotatable bonds is 4. The molecule has 2 N–H and O–H groups in total. The molecule has 2 saturated heterocycles. The van der Waals surface area contributed by atoms with Crippen molar-refractivity contribution in [1.29, 1.82) is 0 Å². The van der Waals surface area contributed by atoms with E-state index in [1.54, 1.807) is 7.11 Å². The summed E-state index contributed by atoms with van der Waals surface area (Å²) in [5, 5.41) is 21.2. The first-order valence-electron chi connectivity index (χ1n) is 8.80. The Morgan fingerprint density at radius 3 is 2.41 bits per heavy atom. The molecule has 0 amide bonds. The Kier molecular flexibility index (Phi) is 5.68. The Balaban J connectivity index is 1.44. The molecular formula is C20H22O6S. The largest absolute Gasteiger partial charge is 0.497 e. The standard InChI is InChI=1S/C20H22O6S/c1-23-13-9-7-12(8-10-13)19-24-11-15-18(26-19)16(21)17(22)20(25-15)27-14-5-3-2-4-6-14/h2-10,15-22H,11H2,1H3/t15-,16-,17-,18-,19-,20-/m1/s1. The molecule has 2 aliphatic rings. The zero-order valence-corrected chi connectivity index (χ0v) is 15.6. The summed E-state index contributed by atoms with van der Waals surface area (Å²) in [7, 11) is 1.61. The normalized spacial score (nSPS) is 33.3. The first-order chi connectivity index (χ1) is 13.2. The van der Waals surface area contributed by atoms with E-state index in [0.29, 0.717) is 0 Å². The van der Waals surface area contributed by atoms with Gasteiger partial charge in [-0.1, -0.05) is 42.1 Å². The minimum absolute atomic E-state index is 0.275. The number of fused-ring (bicyclic) bond motifs is 1. The number of ether oxygens (including phenoxy) is 4. The number of methoxy groups -OCH3 is 1. The van der Waals surface area contributed by atoms with Gasteiger partial charge in [0, 0.05) is 10.5 Å². The molecule has 2 heterocycles. The van der Waals surface area contributed by atoms with Gasteiger partial charge in [0.15, 0.2) is 6.29 Å². The van der Waals surface area contributed by atoms with Crippen molar-refractivity contribution >= 4 is 11.8 Å². The van der Waals surface area contributed by atoms with Crippen LogP contribution in [0, 0.1) is 0 Å². The smallest absolute Gasteiger partial charge is 0.184 e. The number of hydrogen-bond acceptors (Lipinski definition) is 7. The molecule has 0 bridgehead atoms. The van der Waals surface area contributed by atoms with Gasteiger partial charge in [-0.2, -0.15) is 0 Å². The van der Waals surface area contributed by atoms with Crippen LogP contribution in [0.25, 0.3) is 0 Å². The quantitative estimate of drug-likeness (QED) is 0.830. The molecule has 2 fully saturated rings. The fraction of sp³-hybridized carbons (Fsp3) is 0.400. The third kappa shape index (κ3) is 3.99. The number of benzene rings is 2. The maximum absolute atomic E-state index is 10.6. The highest BCUT2D eigenvalue weighted by molar-refractivity contribution is 7.99. The van der Waals surface area contributed by atoms with Gasteiger partial charge >= 0.3 is 0 Å². The molecule has 2 aromatic rings. The van der Waals surface area contributed by atoms with Crippen molar-refractivity contribution < 1.29 is 29.2 Å². The van der Waals surface area contributed by atoms with Gasteiger partial charge in [0.25, 0.3) is 0 Å². The first kappa shape index (κ1) is 18.7. The molecule has 6 atom stereocenters. The first-order valence-corrected chi connectivity index (χ1v) is 9.68. The predicted octanol–water partition coefficient (Wildman–Crippen LogP) is 2.35. The van der Waals surface area contributed by atoms with Crippen LogP contribution in [0.4, 0.5) is 0 Å². The van der Waals surface area contributed by atoms with Crippen LogP contribution < -0.4 is 4.74 Å². The second-order valence-corrected chi connectivity index (χ2v) is 7.67. The zero-order chi connectivity index (χ0) is 18.8. The monoisotopic (exact) mass is 390 g/mol. The molecule has 0 saturated carbocycles. The van der Waals surface area contributed by atoms with Gasteiger partial charge < -0.3 is 29.2 Å². The zero-order valence-electron chi connectivity index (χ0n) is 14.8. The van der Waals surface area contributed by atoms with Gasteiger partial charge in [-0.15, -0.1) is 0 Å². The fourth-order valence-electron chi connectivity index (χ4n) is 3.24. The molecule has 2 aliphatic heterocycles. The van der Waals surface area contributed by atoms with Gasteiger partial charge in [0.05, 0.1) is 13.7 Å². The lowest BCUT2D eigenvalue weighted by atomic mass is 9.99. The Morgan fingerprint density at radius 2 is 1.70 bits per heavy atom. The highest BCUT2D eigenvalue weighted by Crippen LogP contribution is 2.38. The average Bonchev–Trinajstić information content (AvgIpc) is 2.72. The van der Waals surface area contributed by atoms with Crippen LogP contribution in [0.5, 0.6) is 5.75 Å². The van der Waals surface area contributed by atoms with Crippen LogP contribution >= 0.6 is 11.8 Å². The molecule has 0 radical (unpaired) electrons. The summed E-state index contributed by atoms with van der Waals surface area (Å²) >= 11 is 1.38. The van der Waals surface area contributed by atoms with Crippen molar-refractivity contribution in [2.45, 2.75) is 41.0 Å². The topological polar surface area (TPSA) is 77.4 Å². The highest BCUT2D eigenvalue weighted by Gasteiger charge is 2.49. The molecule has 27 heavy (non-hydrogen) atoms. The van der Waals surface area contributed by atoms with Gasteiger partial charge in [-0.25, -0.2) is 0 Å². The van der Waals surface area contributed by atoms with E-state index < -0.39 is 36.1 Å². The third-order valence-electron chi connectivity index (χ3n) is 4.72. The Morgan fingerprint density at radius 1 is 0.963 bits per heavy atom. The van der Waals surface area contributed by atoms with E-state index in [-0.39, 0.29) is 6.61 Å². The van der Waals surface area contributed by atoms with E-state index in [1.165, 1.54) is 11.8 Å². The number of hydrogen-bond donors (Lipinski definition) is 2. The van der Waals surface area contributed by atoms with Crippen molar-refractivity contribution in [3.63, 3.8) is 0 Å². The van der Waals surface area contributed by atoms with E-state index in [2.05, 4.69) is 0 Å². The van der Waals surface area contributed by atoms with Crippen LogP contribution in [0.1, 0.15) is 11.9 Å². The van der Waals surface area contributed by atoms with Crippen LogP contribution in [0.3, 0.4) is 0 Å². The van der Waals surface area contributed by atoms with E-state index in [1.807, 2.05) is 54.6 Å². The van der Waals surface area contributed by atoms with Crippen LogP contribution in [0.2, 0.25) is 0 Å². The van der Waals surface area contributed by atoms with Crippen LogP contribution in [0.15, 0.2) is 59.5 Å². The molecule has 0 aromatic heterocycles. The lowest BCUT2D eigenvalue weighted by Crippen LogP contribution is -2.60. The van der Waals surface area contributed by atoms with Gasteiger partial charge in [-0.05, 0) is 24.3 Å². The number of aliphatic hydroxyl groups is 2. The average molecular weight is 390 g/mol. The molecule has 4 rings (SSSR count). The number of thioether (sulfide) groups is 1. The van der Waals surface area contributed by atoms with E-state index in [0.717, 1.165) is 16.2 Å². The van der Waals surface area contributed by atoms with Crippen LogP contribution in [-0.2, 0) is 14.2 Å². The Bertz CT molecular complexity index is 738. The predicted molar refractivity (Wildman–Crippen MR) is 99.5 cm³/mol. The Labute approximate surface area is 162 Å². The van der Waals surface area contributed by atoms with E-state index in [4.69, 9.17) is 18.9 Å². The molecule has 0 spiro atoms. The van der Waals surface area contributed by atoms with Gasteiger partial charge in [0.2, 0.25) is 0 Å². The minimum atomic E-state index is -1.06. The van der Waals surface area contributed by atoms with Crippen molar-refractivity contribution in [1.82, 2.24) is 0 Å². The molecular weight excluding hydrogens is 368 g/mol. The van der Waals surface area contributed by atoms with E-state index >= 15 is 0 Å². The van der Waals surface area contributed by atoms with Crippen molar-refractivity contribution in [3.8, 4) is 5.75 Å². The molecule has 6 nitrogen and oxygen atoms in total. The number of aliphatic hydroxyl groups excluding tert-OH is 2. The van der Waals surface area contributed by atoms with Gasteiger partial charge in [-0.3, -0.25) is 0 Å². The Hall–Kier alpha value is -1.61. The molecule has 0 unspecified atom stereocenters.